The fourth-order valence-electron chi connectivity index (χ4n) is 2.31. The molecule has 0 aliphatic heterocycles. The van der Waals surface area contributed by atoms with Crippen LogP contribution >= 0.6 is 0 Å². The maximum Gasteiger partial charge on any atom is 0.252 e. The lowest BCUT2D eigenvalue weighted by atomic mass is 9.99. The minimum atomic E-state index is -0.440. The van der Waals surface area contributed by atoms with Gasteiger partial charge >= 0.3 is 0 Å². The molecule has 1 unspecified atom stereocenters. The first-order chi connectivity index (χ1) is 10.0. The number of amides is 1. The van der Waals surface area contributed by atoms with E-state index in [1.54, 1.807) is 12.3 Å². The van der Waals surface area contributed by atoms with E-state index in [-0.39, 0.29) is 17.6 Å². The monoisotopic (exact) mass is 284 g/mol. The smallest absolute Gasteiger partial charge is 0.252 e. The summed E-state index contributed by atoms with van der Waals surface area (Å²) in [7, 11) is 0. The maximum atomic E-state index is 12.5. The number of Topliss-reactive ketones (excluding diaryl/α,β-unsaturated/α-hetero) is 1. The Balaban J connectivity index is 2.28. The van der Waals surface area contributed by atoms with Gasteiger partial charge in [-0.05, 0) is 18.6 Å². The van der Waals surface area contributed by atoms with E-state index in [4.69, 9.17) is 0 Å². The van der Waals surface area contributed by atoms with Crippen molar-refractivity contribution < 1.29 is 9.59 Å². The quantitative estimate of drug-likeness (QED) is 0.918. The number of fused-ring (bicyclic) bond motifs is 1. The summed E-state index contributed by atoms with van der Waals surface area (Å²) in [6, 6.07) is 8.73. The highest BCUT2D eigenvalue weighted by Crippen LogP contribution is 2.16. The molecule has 2 aromatic rings. The summed E-state index contributed by atoms with van der Waals surface area (Å²) >= 11 is 0. The third kappa shape index (κ3) is 3.27. The topological polar surface area (TPSA) is 59.1 Å². The highest BCUT2D eigenvalue weighted by molar-refractivity contribution is 6.07. The lowest BCUT2D eigenvalue weighted by Crippen LogP contribution is -2.42. The van der Waals surface area contributed by atoms with Gasteiger partial charge in [-0.3, -0.25) is 14.6 Å². The van der Waals surface area contributed by atoms with E-state index >= 15 is 0 Å². The second-order valence-corrected chi connectivity index (χ2v) is 5.37. The number of para-hydroxylation sites is 1. The molecule has 4 heteroatoms. The van der Waals surface area contributed by atoms with Crippen molar-refractivity contribution in [1.82, 2.24) is 10.3 Å². The Hall–Kier alpha value is -2.23. The summed E-state index contributed by atoms with van der Waals surface area (Å²) in [5.74, 6) is -0.261. The van der Waals surface area contributed by atoms with Crippen LogP contribution in [0.4, 0.5) is 0 Å². The third-order valence-electron chi connectivity index (χ3n) is 3.52. The molecule has 2 rings (SSSR count). The van der Waals surface area contributed by atoms with Gasteiger partial charge in [-0.15, -0.1) is 0 Å². The Labute approximate surface area is 124 Å². The lowest BCUT2D eigenvalue weighted by molar-refractivity contribution is -0.123. The summed E-state index contributed by atoms with van der Waals surface area (Å²) in [5, 5.41) is 3.64. The molecule has 0 bridgehead atoms. The molecule has 0 saturated heterocycles. The molecular weight excluding hydrogens is 264 g/mol. The molecule has 1 atom stereocenters. The molecule has 110 valence electrons. The van der Waals surface area contributed by atoms with E-state index in [0.717, 1.165) is 10.9 Å². The predicted molar refractivity (Wildman–Crippen MR) is 83.1 cm³/mol. The SMILES string of the molecule is CCC(NC(=O)c1ccnc2ccccc12)C(=O)C(C)C. The van der Waals surface area contributed by atoms with Crippen molar-refractivity contribution >= 4 is 22.6 Å². The number of pyridine rings is 1. The van der Waals surface area contributed by atoms with E-state index in [2.05, 4.69) is 10.3 Å². The summed E-state index contributed by atoms with van der Waals surface area (Å²) < 4.78 is 0. The fraction of sp³-hybridized carbons (Fsp3) is 0.353. The minimum absolute atomic E-state index is 0.0595. The van der Waals surface area contributed by atoms with Gasteiger partial charge in [0.25, 0.3) is 5.91 Å². The third-order valence-corrected chi connectivity index (χ3v) is 3.52. The van der Waals surface area contributed by atoms with E-state index in [0.29, 0.717) is 12.0 Å². The summed E-state index contributed by atoms with van der Waals surface area (Å²) in [5.41, 5.74) is 1.32. The van der Waals surface area contributed by atoms with Gasteiger partial charge in [0.15, 0.2) is 5.78 Å². The zero-order valence-corrected chi connectivity index (χ0v) is 12.6. The van der Waals surface area contributed by atoms with E-state index in [9.17, 15) is 9.59 Å². The highest BCUT2D eigenvalue weighted by Gasteiger charge is 2.22. The predicted octanol–water partition coefficient (Wildman–Crippen LogP) is 2.97. The number of benzene rings is 1. The molecule has 21 heavy (non-hydrogen) atoms. The number of carbonyl (C=O) groups is 2. The molecule has 0 radical (unpaired) electrons. The van der Waals surface area contributed by atoms with E-state index in [1.165, 1.54) is 0 Å². The number of hydrogen-bond acceptors (Lipinski definition) is 3. The lowest BCUT2D eigenvalue weighted by Gasteiger charge is -2.18. The first-order valence-electron chi connectivity index (χ1n) is 7.23. The van der Waals surface area contributed by atoms with Crippen LogP contribution in [0.15, 0.2) is 36.5 Å². The molecule has 1 amide bonds. The van der Waals surface area contributed by atoms with Crippen molar-refractivity contribution in [3.8, 4) is 0 Å². The van der Waals surface area contributed by atoms with Crippen molar-refractivity contribution in [3.63, 3.8) is 0 Å². The average molecular weight is 284 g/mol. The van der Waals surface area contributed by atoms with Crippen LogP contribution in [0, 0.1) is 5.92 Å². The van der Waals surface area contributed by atoms with Crippen molar-refractivity contribution in [1.29, 1.82) is 0 Å². The molecule has 0 fully saturated rings. The number of nitrogens with zero attached hydrogens (tertiary/aromatic N) is 1. The van der Waals surface area contributed by atoms with Gasteiger partial charge in [-0.2, -0.15) is 0 Å². The van der Waals surface area contributed by atoms with Gasteiger partial charge in [0.2, 0.25) is 0 Å². The number of aromatic nitrogens is 1. The molecule has 4 nitrogen and oxygen atoms in total. The summed E-state index contributed by atoms with van der Waals surface area (Å²) in [6.07, 6.45) is 2.20. The summed E-state index contributed by atoms with van der Waals surface area (Å²) in [6.45, 7) is 5.59. The van der Waals surface area contributed by atoms with Crippen LogP contribution in [0.25, 0.3) is 10.9 Å². The van der Waals surface area contributed by atoms with Crippen molar-refractivity contribution in [3.05, 3.63) is 42.1 Å². The number of hydrogen-bond donors (Lipinski definition) is 1. The number of nitrogens with one attached hydrogen (secondary N) is 1. The van der Waals surface area contributed by atoms with Crippen LogP contribution in [-0.4, -0.2) is 22.7 Å². The first-order valence-corrected chi connectivity index (χ1v) is 7.23. The molecule has 0 aliphatic carbocycles. The highest BCUT2D eigenvalue weighted by atomic mass is 16.2. The van der Waals surface area contributed by atoms with Crippen molar-refractivity contribution in [2.75, 3.05) is 0 Å². The van der Waals surface area contributed by atoms with Gasteiger partial charge < -0.3 is 5.32 Å². The van der Waals surface area contributed by atoms with Crippen LogP contribution in [0.1, 0.15) is 37.6 Å². The normalized spacial score (nSPS) is 12.4. The fourth-order valence-corrected chi connectivity index (χ4v) is 2.31. The summed E-state index contributed by atoms with van der Waals surface area (Å²) in [4.78, 5) is 28.8. The first kappa shape index (κ1) is 15.2. The van der Waals surface area contributed by atoms with Gasteiger partial charge in [0.05, 0.1) is 17.1 Å². The molecule has 1 N–H and O–H groups in total. The standard InChI is InChI=1S/C17H20N2O2/c1-4-14(16(20)11(2)3)19-17(21)13-9-10-18-15-8-6-5-7-12(13)15/h5-11,14H,4H2,1-3H3,(H,19,21). The molecule has 0 aliphatic rings. The van der Waals surface area contributed by atoms with Crippen LogP contribution in [0.2, 0.25) is 0 Å². The largest absolute Gasteiger partial charge is 0.342 e. The number of ketones is 1. The zero-order valence-electron chi connectivity index (χ0n) is 12.6. The molecular formula is C17H20N2O2. The average Bonchev–Trinajstić information content (AvgIpc) is 2.51. The molecule has 1 aromatic carbocycles. The molecule has 1 heterocycles. The van der Waals surface area contributed by atoms with Crippen LogP contribution < -0.4 is 5.32 Å². The number of rotatable bonds is 5. The minimum Gasteiger partial charge on any atom is -0.342 e. The van der Waals surface area contributed by atoms with E-state index in [1.807, 2.05) is 45.0 Å². The maximum absolute atomic E-state index is 12.5. The second kappa shape index (κ2) is 6.48. The van der Waals surface area contributed by atoms with Crippen molar-refractivity contribution in [2.45, 2.75) is 33.2 Å². The van der Waals surface area contributed by atoms with Crippen LogP contribution in [-0.2, 0) is 4.79 Å². The van der Waals surface area contributed by atoms with Crippen LogP contribution in [0.5, 0.6) is 0 Å². The van der Waals surface area contributed by atoms with Gasteiger partial charge in [0.1, 0.15) is 0 Å². The van der Waals surface area contributed by atoms with E-state index < -0.39 is 6.04 Å². The Kier molecular flexibility index (Phi) is 4.68. The van der Waals surface area contributed by atoms with Gasteiger partial charge in [-0.25, -0.2) is 0 Å². The Bertz CT molecular complexity index is 659. The zero-order chi connectivity index (χ0) is 15.4. The second-order valence-electron chi connectivity index (χ2n) is 5.37. The Morgan fingerprint density at radius 1 is 1.19 bits per heavy atom. The van der Waals surface area contributed by atoms with Crippen LogP contribution in [0.3, 0.4) is 0 Å². The molecule has 0 saturated carbocycles. The van der Waals surface area contributed by atoms with Gasteiger partial charge in [-0.1, -0.05) is 39.0 Å². The van der Waals surface area contributed by atoms with Crippen molar-refractivity contribution in [2.24, 2.45) is 5.92 Å². The molecule has 1 aromatic heterocycles. The van der Waals surface area contributed by atoms with Gasteiger partial charge in [0, 0.05) is 17.5 Å². The number of carbonyl (C=O) groups excluding carboxylic acids is 2. The Morgan fingerprint density at radius 2 is 1.90 bits per heavy atom. The molecule has 0 spiro atoms. The Morgan fingerprint density at radius 3 is 2.57 bits per heavy atom.